The van der Waals surface area contributed by atoms with E-state index in [2.05, 4.69) is 54.6 Å². The molecule has 1 nitrogen and oxygen atoms in total. The Hall–Kier alpha value is -2.02. The standard InChI is InChI=1S/C18H18O/c1-19-16-12-10-15(11-13-16)18-9-5-8-17(18)14-6-3-2-4-7-14/h2-7,9-13,17-18H,8H2,1H3. The van der Waals surface area contributed by atoms with Crippen molar-refractivity contribution in [1.82, 2.24) is 0 Å². The molecule has 0 saturated heterocycles. The fourth-order valence-corrected chi connectivity index (χ4v) is 2.87. The van der Waals surface area contributed by atoms with Crippen molar-refractivity contribution in [3.05, 3.63) is 77.9 Å². The van der Waals surface area contributed by atoms with Gasteiger partial charge in [0.25, 0.3) is 0 Å². The molecule has 0 aromatic heterocycles. The summed E-state index contributed by atoms with van der Waals surface area (Å²) in [6.07, 6.45) is 5.76. The van der Waals surface area contributed by atoms with Crippen LogP contribution in [0.5, 0.6) is 5.75 Å². The summed E-state index contributed by atoms with van der Waals surface area (Å²) in [7, 11) is 1.71. The molecule has 0 N–H and O–H groups in total. The maximum atomic E-state index is 5.23. The molecule has 96 valence electrons. The molecule has 0 heterocycles. The van der Waals surface area contributed by atoms with Crippen LogP contribution in [-0.2, 0) is 0 Å². The second-order valence-corrected chi connectivity index (χ2v) is 4.98. The quantitative estimate of drug-likeness (QED) is 0.728. The normalized spacial score (nSPS) is 21.5. The molecule has 1 heteroatoms. The average molecular weight is 250 g/mol. The molecule has 0 radical (unpaired) electrons. The first-order valence-corrected chi connectivity index (χ1v) is 6.74. The van der Waals surface area contributed by atoms with Crippen molar-refractivity contribution in [2.24, 2.45) is 0 Å². The number of benzene rings is 2. The van der Waals surface area contributed by atoms with Crippen molar-refractivity contribution >= 4 is 0 Å². The van der Waals surface area contributed by atoms with Crippen molar-refractivity contribution in [2.45, 2.75) is 18.3 Å². The molecule has 0 fully saturated rings. The maximum Gasteiger partial charge on any atom is 0.118 e. The second kappa shape index (κ2) is 5.31. The zero-order chi connectivity index (χ0) is 13.1. The molecule has 1 aliphatic carbocycles. The molecule has 0 saturated carbocycles. The van der Waals surface area contributed by atoms with Crippen molar-refractivity contribution in [2.75, 3.05) is 7.11 Å². The molecule has 19 heavy (non-hydrogen) atoms. The smallest absolute Gasteiger partial charge is 0.118 e. The van der Waals surface area contributed by atoms with Crippen LogP contribution in [0, 0.1) is 0 Å². The van der Waals surface area contributed by atoms with Crippen LogP contribution < -0.4 is 4.74 Å². The largest absolute Gasteiger partial charge is 0.497 e. The molecule has 2 aromatic carbocycles. The lowest BCUT2D eigenvalue weighted by atomic mass is 9.84. The summed E-state index contributed by atoms with van der Waals surface area (Å²) in [5.74, 6) is 1.96. The highest BCUT2D eigenvalue weighted by atomic mass is 16.5. The Bertz CT molecular complexity index is 554. The summed E-state index contributed by atoms with van der Waals surface area (Å²) in [6.45, 7) is 0. The number of methoxy groups -OCH3 is 1. The van der Waals surface area contributed by atoms with Gasteiger partial charge in [0.2, 0.25) is 0 Å². The van der Waals surface area contributed by atoms with Gasteiger partial charge >= 0.3 is 0 Å². The second-order valence-electron chi connectivity index (χ2n) is 4.98. The Balaban J connectivity index is 1.88. The summed E-state index contributed by atoms with van der Waals surface area (Å²) in [4.78, 5) is 0. The Labute approximate surface area is 114 Å². The monoisotopic (exact) mass is 250 g/mol. The van der Waals surface area contributed by atoms with E-state index in [1.54, 1.807) is 7.11 Å². The minimum absolute atomic E-state index is 0.480. The van der Waals surface area contributed by atoms with Crippen molar-refractivity contribution in [3.63, 3.8) is 0 Å². The molecule has 0 amide bonds. The van der Waals surface area contributed by atoms with Gasteiger partial charge in [-0.1, -0.05) is 54.6 Å². The van der Waals surface area contributed by atoms with E-state index in [1.807, 2.05) is 12.1 Å². The predicted molar refractivity (Wildman–Crippen MR) is 78.7 cm³/mol. The fourth-order valence-electron chi connectivity index (χ4n) is 2.87. The number of ether oxygens (including phenoxy) is 1. The fraction of sp³-hybridized carbons (Fsp3) is 0.222. The molecule has 0 aliphatic heterocycles. The number of hydrogen-bond acceptors (Lipinski definition) is 1. The Kier molecular flexibility index (Phi) is 3.37. The van der Waals surface area contributed by atoms with E-state index < -0.39 is 0 Å². The lowest BCUT2D eigenvalue weighted by molar-refractivity contribution is 0.414. The first-order valence-electron chi connectivity index (χ1n) is 6.74. The minimum atomic E-state index is 0.480. The molecule has 0 spiro atoms. The van der Waals surface area contributed by atoms with Gasteiger partial charge in [0.1, 0.15) is 5.75 Å². The van der Waals surface area contributed by atoms with Crippen molar-refractivity contribution < 1.29 is 4.74 Å². The number of rotatable bonds is 3. The van der Waals surface area contributed by atoms with Crippen LogP contribution in [0.4, 0.5) is 0 Å². The van der Waals surface area contributed by atoms with E-state index in [0.29, 0.717) is 11.8 Å². The first kappa shape index (κ1) is 12.0. The Morgan fingerprint density at radius 3 is 2.32 bits per heavy atom. The minimum Gasteiger partial charge on any atom is -0.497 e. The van der Waals surface area contributed by atoms with E-state index >= 15 is 0 Å². The highest BCUT2D eigenvalue weighted by Crippen LogP contribution is 2.41. The molecule has 0 bridgehead atoms. The number of allylic oxidation sites excluding steroid dienone is 2. The van der Waals surface area contributed by atoms with Gasteiger partial charge in [0.15, 0.2) is 0 Å². The predicted octanol–water partition coefficient (Wildman–Crippen LogP) is 4.52. The van der Waals surface area contributed by atoms with E-state index in [4.69, 9.17) is 4.74 Å². The van der Waals surface area contributed by atoms with Crippen LogP contribution >= 0.6 is 0 Å². The van der Waals surface area contributed by atoms with Gasteiger partial charge in [-0.05, 0) is 35.6 Å². The molecular weight excluding hydrogens is 232 g/mol. The summed E-state index contributed by atoms with van der Waals surface area (Å²) >= 11 is 0. The molecule has 3 rings (SSSR count). The van der Waals surface area contributed by atoms with Crippen LogP contribution in [0.1, 0.15) is 29.4 Å². The van der Waals surface area contributed by atoms with Gasteiger partial charge in [-0.15, -0.1) is 0 Å². The SMILES string of the molecule is COc1ccc(C2C=CCC2c2ccccc2)cc1. The highest BCUT2D eigenvalue weighted by Gasteiger charge is 2.25. The topological polar surface area (TPSA) is 9.23 Å². The number of hydrogen-bond donors (Lipinski definition) is 0. The Morgan fingerprint density at radius 1 is 0.895 bits per heavy atom. The van der Waals surface area contributed by atoms with Crippen LogP contribution in [0.2, 0.25) is 0 Å². The molecule has 2 atom stereocenters. The van der Waals surface area contributed by atoms with Crippen LogP contribution in [-0.4, -0.2) is 7.11 Å². The molecular formula is C18H18O. The van der Waals surface area contributed by atoms with Crippen LogP contribution in [0.15, 0.2) is 66.7 Å². The lowest BCUT2D eigenvalue weighted by Gasteiger charge is -2.20. The third-order valence-corrected chi connectivity index (χ3v) is 3.90. The van der Waals surface area contributed by atoms with Crippen LogP contribution in [0.3, 0.4) is 0 Å². The van der Waals surface area contributed by atoms with Crippen molar-refractivity contribution in [3.8, 4) is 5.75 Å². The first-order chi connectivity index (χ1) is 9.38. The van der Waals surface area contributed by atoms with Gasteiger partial charge in [0.05, 0.1) is 7.11 Å². The molecule has 2 unspecified atom stereocenters. The van der Waals surface area contributed by atoms with E-state index in [9.17, 15) is 0 Å². The Morgan fingerprint density at radius 2 is 1.63 bits per heavy atom. The molecule has 1 aliphatic rings. The van der Waals surface area contributed by atoms with E-state index in [-0.39, 0.29) is 0 Å². The van der Waals surface area contributed by atoms with Crippen molar-refractivity contribution in [1.29, 1.82) is 0 Å². The zero-order valence-corrected chi connectivity index (χ0v) is 11.1. The highest BCUT2D eigenvalue weighted by molar-refractivity contribution is 5.38. The lowest BCUT2D eigenvalue weighted by Crippen LogP contribution is -2.04. The summed E-state index contributed by atoms with van der Waals surface area (Å²) < 4.78 is 5.23. The molecule has 2 aromatic rings. The van der Waals surface area contributed by atoms with Gasteiger partial charge in [0, 0.05) is 5.92 Å². The van der Waals surface area contributed by atoms with Crippen LogP contribution in [0.25, 0.3) is 0 Å². The van der Waals surface area contributed by atoms with Gasteiger partial charge in [-0.25, -0.2) is 0 Å². The summed E-state index contributed by atoms with van der Waals surface area (Å²) in [5, 5.41) is 0. The third kappa shape index (κ3) is 2.41. The summed E-state index contributed by atoms with van der Waals surface area (Å²) in [5.41, 5.74) is 2.79. The zero-order valence-electron chi connectivity index (χ0n) is 11.1. The average Bonchev–Trinajstić information content (AvgIpc) is 2.98. The van der Waals surface area contributed by atoms with E-state index in [0.717, 1.165) is 12.2 Å². The van der Waals surface area contributed by atoms with Gasteiger partial charge < -0.3 is 4.74 Å². The third-order valence-electron chi connectivity index (χ3n) is 3.90. The van der Waals surface area contributed by atoms with E-state index in [1.165, 1.54) is 11.1 Å². The maximum absolute atomic E-state index is 5.23. The van der Waals surface area contributed by atoms with Gasteiger partial charge in [-0.3, -0.25) is 0 Å². The van der Waals surface area contributed by atoms with Gasteiger partial charge in [-0.2, -0.15) is 0 Å². The summed E-state index contributed by atoms with van der Waals surface area (Å²) in [6, 6.07) is 19.2.